The van der Waals surface area contributed by atoms with Crippen LogP contribution in [0.5, 0.6) is 0 Å². The van der Waals surface area contributed by atoms with Gasteiger partial charge in [0.15, 0.2) is 0 Å². The first-order chi connectivity index (χ1) is 12.0. The van der Waals surface area contributed by atoms with Crippen molar-refractivity contribution in [3.8, 4) is 0 Å². The first kappa shape index (κ1) is 19.1. The fraction of sp³-hybridized carbons (Fsp3) is 0.944. The normalized spacial score (nSPS) is 25.4. The maximum absolute atomic E-state index is 12.7. The van der Waals surface area contributed by atoms with E-state index in [2.05, 4.69) is 0 Å². The Morgan fingerprint density at radius 3 is 2.04 bits per heavy atom. The summed E-state index contributed by atoms with van der Waals surface area (Å²) in [5.41, 5.74) is 0. The summed E-state index contributed by atoms with van der Waals surface area (Å²) >= 11 is 0. The van der Waals surface area contributed by atoms with Crippen molar-refractivity contribution in [2.75, 3.05) is 32.6 Å². The molecule has 0 aromatic heterocycles. The molecule has 3 aliphatic rings. The molecule has 144 valence electrons. The number of hydrogen-bond acceptors (Lipinski definition) is 4. The number of nitrogens with zero attached hydrogens (tertiary/aromatic N) is 2. The van der Waals surface area contributed by atoms with Crippen LogP contribution in [0.1, 0.15) is 57.8 Å². The summed E-state index contributed by atoms with van der Waals surface area (Å²) in [4.78, 5) is 14.7. The van der Waals surface area contributed by atoms with E-state index in [1.54, 1.807) is 4.31 Å². The first-order valence-corrected chi connectivity index (χ1v) is 11.7. The van der Waals surface area contributed by atoms with Gasteiger partial charge in [0.05, 0.1) is 6.26 Å². The fourth-order valence-electron chi connectivity index (χ4n) is 4.73. The van der Waals surface area contributed by atoms with Crippen molar-refractivity contribution in [3.05, 3.63) is 0 Å². The lowest BCUT2D eigenvalue weighted by molar-refractivity contribution is -0.138. The molecule has 6 nitrogen and oxygen atoms in total. The van der Waals surface area contributed by atoms with Gasteiger partial charge in [0, 0.05) is 44.3 Å². The molecule has 2 aliphatic heterocycles. The molecule has 0 atom stereocenters. The fourth-order valence-corrected chi connectivity index (χ4v) is 6.23. The second-order valence-electron chi connectivity index (χ2n) is 7.83. The lowest BCUT2D eigenvalue weighted by Gasteiger charge is -2.42. The van der Waals surface area contributed by atoms with Crippen molar-refractivity contribution in [1.82, 2.24) is 9.21 Å². The van der Waals surface area contributed by atoms with Crippen LogP contribution in [0.3, 0.4) is 0 Å². The van der Waals surface area contributed by atoms with Crippen LogP contribution in [0.4, 0.5) is 0 Å². The number of carbonyl (C=O) groups excluding carboxylic acids is 1. The average molecular weight is 373 g/mol. The van der Waals surface area contributed by atoms with Gasteiger partial charge in [-0.3, -0.25) is 4.79 Å². The first-order valence-electron chi connectivity index (χ1n) is 9.82. The largest absolute Gasteiger partial charge is 0.381 e. The number of amides is 1. The van der Waals surface area contributed by atoms with Gasteiger partial charge in [-0.15, -0.1) is 0 Å². The Morgan fingerprint density at radius 2 is 1.48 bits per heavy atom. The number of rotatable bonds is 4. The second kappa shape index (κ2) is 8.35. The highest BCUT2D eigenvalue weighted by atomic mass is 32.2. The van der Waals surface area contributed by atoms with E-state index in [1.165, 1.54) is 25.5 Å². The third-order valence-corrected chi connectivity index (χ3v) is 7.39. The third-order valence-electron chi connectivity index (χ3n) is 6.02. The number of sulfonamides is 1. The van der Waals surface area contributed by atoms with Crippen molar-refractivity contribution >= 4 is 15.9 Å². The van der Waals surface area contributed by atoms with Crippen LogP contribution in [-0.4, -0.2) is 68.2 Å². The third kappa shape index (κ3) is 4.74. The molecule has 0 N–H and O–H groups in total. The Labute approximate surface area is 151 Å². The van der Waals surface area contributed by atoms with E-state index in [1.807, 2.05) is 4.90 Å². The SMILES string of the molecule is CS(=O)(=O)N(C1CCOCC1)C1CCN(C(=O)C2CCCCC2)CC1. The van der Waals surface area contributed by atoms with Crippen molar-refractivity contribution < 1.29 is 17.9 Å². The Kier molecular flexibility index (Phi) is 6.39. The second-order valence-corrected chi connectivity index (χ2v) is 9.72. The van der Waals surface area contributed by atoms with Gasteiger partial charge < -0.3 is 9.64 Å². The molecule has 7 heteroatoms. The lowest BCUT2D eigenvalue weighted by atomic mass is 9.87. The summed E-state index contributed by atoms with van der Waals surface area (Å²) < 4.78 is 31.9. The maximum Gasteiger partial charge on any atom is 0.225 e. The zero-order valence-corrected chi connectivity index (χ0v) is 16.2. The van der Waals surface area contributed by atoms with Gasteiger partial charge in [-0.2, -0.15) is 4.31 Å². The molecule has 3 fully saturated rings. The Balaban J connectivity index is 1.60. The molecule has 0 spiro atoms. The molecular weight excluding hydrogens is 340 g/mol. The predicted octanol–water partition coefficient (Wildman–Crippen LogP) is 2.00. The monoisotopic (exact) mass is 372 g/mol. The molecule has 0 aromatic rings. The van der Waals surface area contributed by atoms with E-state index in [-0.39, 0.29) is 18.0 Å². The molecule has 0 radical (unpaired) electrons. The van der Waals surface area contributed by atoms with Gasteiger partial charge in [-0.25, -0.2) is 8.42 Å². The van der Waals surface area contributed by atoms with Crippen molar-refractivity contribution in [3.63, 3.8) is 0 Å². The Bertz CT molecular complexity index is 545. The minimum atomic E-state index is -3.25. The van der Waals surface area contributed by atoms with Crippen LogP contribution in [0.15, 0.2) is 0 Å². The van der Waals surface area contributed by atoms with Crippen LogP contribution in [-0.2, 0) is 19.6 Å². The van der Waals surface area contributed by atoms with E-state index < -0.39 is 10.0 Å². The van der Waals surface area contributed by atoms with Crippen LogP contribution >= 0.6 is 0 Å². The molecule has 1 amide bonds. The van der Waals surface area contributed by atoms with Gasteiger partial charge >= 0.3 is 0 Å². The molecule has 25 heavy (non-hydrogen) atoms. The number of carbonyl (C=O) groups is 1. The van der Waals surface area contributed by atoms with Crippen LogP contribution < -0.4 is 0 Å². The average Bonchev–Trinajstić information content (AvgIpc) is 2.62. The summed E-state index contributed by atoms with van der Waals surface area (Å²) in [5, 5.41) is 0. The molecular formula is C18H32N2O4S. The quantitative estimate of drug-likeness (QED) is 0.757. The van der Waals surface area contributed by atoms with E-state index in [0.717, 1.165) is 38.5 Å². The summed E-state index contributed by atoms with van der Waals surface area (Å²) in [7, 11) is -3.25. The molecule has 3 rings (SSSR count). The Hall–Kier alpha value is -0.660. The molecule has 2 saturated heterocycles. The van der Waals surface area contributed by atoms with Crippen LogP contribution in [0.2, 0.25) is 0 Å². The van der Waals surface area contributed by atoms with Crippen LogP contribution in [0.25, 0.3) is 0 Å². The minimum absolute atomic E-state index is 0.0218. The lowest BCUT2D eigenvalue weighted by Crippen LogP contribution is -2.54. The number of hydrogen-bond donors (Lipinski definition) is 0. The number of ether oxygens (including phenoxy) is 1. The van der Waals surface area contributed by atoms with Gasteiger partial charge in [0.1, 0.15) is 0 Å². The summed E-state index contributed by atoms with van der Waals surface area (Å²) in [5.74, 6) is 0.502. The maximum atomic E-state index is 12.7. The van der Waals surface area contributed by atoms with Crippen LogP contribution in [0, 0.1) is 5.92 Å². The highest BCUT2D eigenvalue weighted by Crippen LogP contribution is 2.29. The van der Waals surface area contributed by atoms with Crippen molar-refractivity contribution in [2.45, 2.75) is 69.9 Å². The van der Waals surface area contributed by atoms with Crippen molar-refractivity contribution in [2.24, 2.45) is 5.92 Å². The number of piperidine rings is 1. The molecule has 0 unspecified atom stereocenters. The number of likely N-dealkylation sites (tertiary alicyclic amines) is 1. The summed E-state index contributed by atoms with van der Waals surface area (Å²) in [6.45, 7) is 2.65. The van der Waals surface area contributed by atoms with Gasteiger partial charge in [-0.1, -0.05) is 19.3 Å². The highest BCUT2D eigenvalue weighted by molar-refractivity contribution is 7.88. The van der Waals surface area contributed by atoms with E-state index in [0.29, 0.717) is 32.2 Å². The van der Waals surface area contributed by atoms with E-state index in [4.69, 9.17) is 4.74 Å². The molecule has 0 bridgehead atoms. The summed E-state index contributed by atoms with van der Waals surface area (Å²) in [6.07, 6.45) is 10.0. The summed E-state index contributed by atoms with van der Waals surface area (Å²) in [6, 6.07) is 0.0721. The highest BCUT2D eigenvalue weighted by Gasteiger charge is 2.37. The van der Waals surface area contributed by atoms with Gasteiger partial charge in [-0.05, 0) is 38.5 Å². The molecule has 1 aliphatic carbocycles. The molecule has 0 aromatic carbocycles. The minimum Gasteiger partial charge on any atom is -0.381 e. The topological polar surface area (TPSA) is 66.9 Å². The van der Waals surface area contributed by atoms with Gasteiger partial charge in [0.25, 0.3) is 0 Å². The van der Waals surface area contributed by atoms with E-state index >= 15 is 0 Å². The Morgan fingerprint density at radius 1 is 0.920 bits per heavy atom. The van der Waals surface area contributed by atoms with Gasteiger partial charge in [0.2, 0.25) is 15.9 Å². The zero-order valence-electron chi connectivity index (χ0n) is 15.4. The zero-order chi connectivity index (χ0) is 17.9. The standard InChI is InChI=1S/C18H32N2O4S/c1-25(22,23)20(17-9-13-24-14-10-17)16-7-11-19(12-8-16)18(21)15-5-3-2-4-6-15/h15-17H,2-14H2,1H3. The smallest absolute Gasteiger partial charge is 0.225 e. The molecule has 2 heterocycles. The predicted molar refractivity (Wildman–Crippen MR) is 96.7 cm³/mol. The van der Waals surface area contributed by atoms with Crippen molar-refractivity contribution in [1.29, 1.82) is 0 Å². The van der Waals surface area contributed by atoms with E-state index in [9.17, 15) is 13.2 Å². The molecule has 1 saturated carbocycles.